The van der Waals surface area contributed by atoms with Crippen LogP contribution in [0.15, 0.2) is 48.5 Å². The van der Waals surface area contributed by atoms with Crippen molar-refractivity contribution in [1.29, 1.82) is 0 Å². The molecule has 0 fully saturated rings. The molecule has 5 nitrogen and oxygen atoms in total. The lowest BCUT2D eigenvalue weighted by Crippen LogP contribution is -2.40. The van der Waals surface area contributed by atoms with Crippen LogP contribution >= 0.6 is 11.6 Å². The normalized spacial score (nSPS) is 13.0. The van der Waals surface area contributed by atoms with E-state index in [0.29, 0.717) is 23.9 Å². The van der Waals surface area contributed by atoms with E-state index >= 15 is 0 Å². The Bertz CT molecular complexity index is 1200. The molecule has 7 heteroatoms. The molecule has 1 unspecified atom stereocenters. The Morgan fingerprint density at radius 2 is 1.75 bits per heavy atom. The van der Waals surface area contributed by atoms with Crippen LogP contribution in [0.2, 0.25) is 23.3 Å². The van der Waals surface area contributed by atoms with E-state index in [9.17, 15) is 4.79 Å². The van der Waals surface area contributed by atoms with Gasteiger partial charge in [0.2, 0.25) is 0 Å². The van der Waals surface area contributed by atoms with Gasteiger partial charge in [0, 0.05) is 12.5 Å². The third kappa shape index (κ3) is 6.10. The smallest absolute Gasteiger partial charge is 0.338 e. The van der Waals surface area contributed by atoms with Crippen molar-refractivity contribution in [2.75, 3.05) is 7.11 Å². The Morgan fingerprint density at radius 1 is 1.11 bits per heavy atom. The van der Waals surface area contributed by atoms with Crippen LogP contribution in [0.5, 0.6) is 0 Å². The van der Waals surface area contributed by atoms with Crippen LogP contribution in [0.3, 0.4) is 0 Å². The summed E-state index contributed by atoms with van der Waals surface area (Å²) in [5, 5.41) is 0.632. The zero-order valence-corrected chi connectivity index (χ0v) is 24.6. The number of rotatable bonds is 9. The van der Waals surface area contributed by atoms with E-state index in [-0.39, 0.29) is 16.9 Å². The molecule has 1 atom stereocenters. The van der Waals surface area contributed by atoms with Gasteiger partial charge in [-0.15, -0.1) is 0 Å². The van der Waals surface area contributed by atoms with Crippen LogP contribution in [0.1, 0.15) is 74.4 Å². The van der Waals surface area contributed by atoms with Crippen molar-refractivity contribution in [3.05, 3.63) is 76.3 Å². The van der Waals surface area contributed by atoms with Crippen molar-refractivity contribution in [2.45, 2.75) is 78.2 Å². The molecule has 0 bridgehead atoms. The van der Waals surface area contributed by atoms with E-state index in [1.807, 2.05) is 30.3 Å². The molecule has 2 aromatic carbocycles. The van der Waals surface area contributed by atoms with Gasteiger partial charge in [-0.2, -0.15) is 0 Å². The van der Waals surface area contributed by atoms with E-state index in [1.165, 1.54) is 7.11 Å². The first-order valence-corrected chi connectivity index (χ1v) is 15.8. The van der Waals surface area contributed by atoms with Crippen LogP contribution in [0.25, 0.3) is 11.1 Å². The second kappa shape index (κ2) is 11.3. The Morgan fingerprint density at radius 3 is 2.33 bits per heavy atom. The first kappa shape index (κ1) is 28.2. The monoisotopic (exact) mass is 526 g/mol. The molecular formula is C29H39ClN2O3Si. The van der Waals surface area contributed by atoms with Crippen molar-refractivity contribution in [3.8, 4) is 11.1 Å². The fraction of sp³-hybridized carbons (Fsp3) is 0.448. The van der Waals surface area contributed by atoms with Crippen molar-refractivity contribution in [2.24, 2.45) is 0 Å². The summed E-state index contributed by atoms with van der Waals surface area (Å²) in [6.07, 6.45) is 0.971. The van der Waals surface area contributed by atoms with Crippen LogP contribution in [0.4, 0.5) is 0 Å². The SMILES string of the molecule is CCC(C)c1nc(Cl)c(CO[Si](C)(C)C(C)(C)C)n1Cc1ccc(-c2ccccc2C(=O)OC)cc1. The number of hydrogen-bond acceptors (Lipinski definition) is 4. The van der Waals surface area contributed by atoms with Gasteiger partial charge in [-0.1, -0.05) is 88.7 Å². The second-order valence-corrected chi connectivity index (χ2v) is 16.1. The largest absolute Gasteiger partial charge is 0.465 e. The molecule has 0 spiro atoms. The number of aromatic nitrogens is 2. The lowest BCUT2D eigenvalue weighted by atomic mass is 9.98. The Hall–Kier alpha value is -2.41. The predicted molar refractivity (Wildman–Crippen MR) is 150 cm³/mol. The molecule has 0 saturated carbocycles. The minimum atomic E-state index is -1.95. The number of carbonyl (C=O) groups excluding carboxylic acids is 1. The summed E-state index contributed by atoms with van der Waals surface area (Å²) in [4.78, 5) is 17.0. The molecule has 3 rings (SSSR count). The highest BCUT2D eigenvalue weighted by atomic mass is 35.5. The maximum atomic E-state index is 12.2. The van der Waals surface area contributed by atoms with E-state index in [1.54, 1.807) is 6.07 Å². The highest BCUT2D eigenvalue weighted by molar-refractivity contribution is 6.74. The Balaban J connectivity index is 1.93. The molecule has 0 aliphatic heterocycles. The molecule has 1 heterocycles. The van der Waals surface area contributed by atoms with Gasteiger partial charge in [0.25, 0.3) is 0 Å². The summed E-state index contributed by atoms with van der Waals surface area (Å²) >= 11 is 6.69. The first-order chi connectivity index (χ1) is 16.9. The minimum Gasteiger partial charge on any atom is -0.465 e. The van der Waals surface area contributed by atoms with Gasteiger partial charge in [-0.25, -0.2) is 9.78 Å². The van der Waals surface area contributed by atoms with Crippen molar-refractivity contribution >= 4 is 25.9 Å². The standard InChI is InChI=1S/C29H39ClN2O3Si/c1-9-20(2)27-31-26(30)25(19-35-36(7,8)29(3,4)5)32(27)18-21-14-16-22(17-15-21)23-12-10-11-13-24(23)28(33)34-6/h10-17,20H,9,18-19H2,1-8H3. The number of esters is 1. The summed E-state index contributed by atoms with van der Waals surface area (Å²) in [5.41, 5.74) is 4.43. The molecule has 0 amide bonds. The zero-order chi connectivity index (χ0) is 26.7. The number of benzene rings is 2. The average molecular weight is 527 g/mol. The number of carbonyl (C=O) groups is 1. The maximum Gasteiger partial charge on any atom is 0.338 e. The van der Waals surface area contributed by atoms with Gasteiger partial charge in [-0.3, -0.25) is 0 Å². The number of imidazole rings is 1. The molecule has 3 aromatic rings. The van der Waals surface area contributed by atoms with Crippen molar-refractivity contribution in [1.82, 2.24) is 9.55 Å². The summed E-state index contributed by atoms with van der Waals surface area (Å²) in [6, 6.07) is 15.8. The molecule has 0 radical (unpaired) electrons. The van der Waals surface area contributed by atoms with Gasteiger partial charge in [0.15, 0.2) is 13.5 Å². The lowest BCUT2D eigenvalue weighted by molar-refractivity contribution is 0.0601. The number of nitrogens with zero attached hydrogens (tertiary/aromatic N) is 2. The molecule has 0 aliphatic carbocycles. The molecule has 36 heavy (non-hydrogen) atoms. The van der Waals surface area contributed by atoms with E-state index < -0.39 is 8.32 Å². The summed E-state index contributed by atoms with van der Waals surface area (Å²) in [6.45, 7) is 16.7. The van der Waals surface area contributed by atoms with E-state index in [2.05, 4.69) is 64.4 Å². The highest BCUT2D eigenvalue weighted by Crippen LogP contribution is 2.38. The topological polar surface area (TPSA) is 53.4 Å². The Labute approximate surface area is 221 Å². The fourth-order valence-electron chi connectivity index (χ4n) is 3.81. The summed E-state index contributed by atoms with van der Waals surface area (Å²) in [7, 11) is -0.550. The molecular weight excluding hydrogens is 488 g/mol. The van der Waals surface area contributed by atoms with Gasteiger partial charge in [-0.05, 0) is 47.3 Å². The van der Waals surface area contributed by atoms with Crippen LogP contribution in [-0.2, 0) is 22.3 Å². The number of methoxy groups -OCH3 is 1. The van der Waals surface area contributed by atoms with Gasteiger partial charge >= 0.3 is 5.97 Å². The minimum absolute atomic E-state index is 0.111. The van der Waals surface area contributed by atoms with E-state index in [4.69, 9.17) is 25.7 Å². The van der Waals surface area contributed by atoms with Crippen LogP contribution in [0, 0.1) is 0 Å². The van der Waals surface area contributed by atoms with Crippen molar-refractivity contribution in [3.63, 3.8) is 0 Å². The average Bonchev–Trinajstić information content (AvgIpc) is 3.16. The van der Waals surface area contributed by atoms with E-state index in [0.717, 1.165) is 34.6 Å². The van der Waals surface area contributed by atoms with Gasteiger partial charge in [0.1, 0.15) is 5.82 Å². The summed E-state index contributed by atoms with van der Waals surface area (Å²) < 4.78 is 13.7. The second-order valence-electron chi connectivity index (χ2n) is 10.9. The number of ether oxygens (including phenoxy) is 1. The third-order valence-corrected chi connectivity index (χ3v) is 12.2. The summed E-state index contributed by atoms with van der Waals surface area (Å²) in [5.74, 6) is 0.916. The molecule has 0 aliphatic rings. The Kier molecular flexibility index (Phi) is 8.86. The third-order valence-electron chi connectivity index (χ3n) is 7.42. The lowest BCUT2D eigenvalue weighted by Gasteiger charge is -2.36. The van der Waals surface area contributed by atoms with Crippen LogP contribution in [-0.4, -0.2) is 30.9 Å². The molecule has 1 aromatic heterocycles. The molecule has 0 N–H and O–H groups in total. The molecule has 194 valence electrons. The van der Waals surface area contributed by atoms with Gasteiger partial charge in [0.05, 0.1) is 25.0 Å². The molecule has 0 saturated heterocycles. The van der Waals surface area contributed by atoms with Crippen molar-refractivity contribution < 1.29 is 14.0 Å². The number of halogens is 1. The first-order valence-electron chi connectivity index (χ1n) is 12.5. The fourth-order valence-corrected chi connectivity index (χ4v) is 4.98. The van der Waals surface area contributed by atoms with Crippen LogP contribution < -0.4 is 0 Å². The highest BCUT2D eigenvalue weighted by Gasteiger charge is 2.37. The predicted octanol–water partition coefficient (Wildman–Crippen LogP) is 8.07. The zero-order valence-electron chi connectivity index (χ0n) is 22.8. The maximum absolute atomic E-state index is 12.2. The van der Waals surface area contributed by atoms with Gasteiger partial charge < -0.3 is 13.7 Å². The number of hydrogen-bond donors (Lipinski definition) is 0. The quantitative estimate of drug-likeness (QED) is 0.209.